The largest absolute Gasteiger partial charge is 0.494 e. The minimum absolute atomic E-state index is 0.00380. The van der Waals surface area contributed by atoms with Crippen LogP contribution in [0.4, 0.5) is 11.4 Å². The molecule has 0 saturated carbocycles. The van der Waals surface area contributed by atoms with Crippen LogP contribution in [0.2, 0.25) is 0 Å². The summed E-state index contributed by atoms with van der Waals surface area (Å²) in [6.45, 7) is 4.72. The smallest absolute Gasteiger partial charge is 0.271 e. The molecule has 2 aromatic rings. The van der Waals surface area contributed by atoms with Crippen LogP contribution in [-0.2, 0) is 17.8 Å². The predicted molar refractivity (Wildman–Crippen MR) is 106 cm³/mol. The number of benzene rings is 2. The van der Waals surface area contributed by atoms with Gasteiger partial charge in [0.1, 0.15) is 5.75 Å². The number of ether oxygens (including phenoxy) is 1. The Kier molecular flexibility index (Phi) is 5.00. The number of amides is 1. The molecule has 2 aliphatic rings. The van der Waals surface area contributed by atoms with Gasteiger partial charge in [0, 0.05) is 31.8 Å². The van der Waals surface area contributed by atoms with Gasteiger partial charge in [-0.05, 0) is 49.1 Å². The van der Waals surface area contributed by atoms with Gasteiger partial charge in [-0.2, -0.15) is 0 Å². The summed E-state index contributed by atoms with van der Waals surface area (Å²) in [6.07, 6.45) is 1.63. The molecule has 2 aliphatic heterocycles. The highest BCUT2D eigenvalue weighted by atomic mass is 16.6. The van der Waals surface area contributed by atoms with Gasteiger partial charge in [0.2, 0.25) is 5.91 Å². The van der Waals surface area contributed by atoms with Crippen LogP contribution in [0, 0.1) is 10.1 Å². The zero-order valence-electron chi connectivity index (χ0n) is 15.8. The Labute approximate surface area is 163 Å². The highest BCUT2D eigenvalue weighted by molar-refractivity contribution is 5.99. The van der Waals surface area contributed by atoms with E-state index in [1.54, 1.807) is 17.0 Å². The molecule has 2 aromatic carbocycles. The first-order chi connectivity index (χ1) is 13.6. The molecule has 0 spiro atoms. The summed E-state index contributed by atoms with van der Waals surface area (Å²) < 4.78 is 5.61. The molecule has 0 aromatic heterocycles. The van der Waals surface area contributed by atoms with E-state index in [9.17, 15) is 14.9 Å². The molecule has 1 unspecified atom stereocenters. The lowest BCUT2D eigenvalue weighted by molar-refractivity contribution is -0.384. The van der Waals surface area contributed by atoms with Crippen molar-refractivity contribution in [2.75, 3.05) is 24.6 Å². The van der Waals surface area contributed by atoms with E-state index in [0.717, 1.165) is 31.7 Å². The number of anilines is 1. The van der Waals surface area contributed by atoms with E-state index in [4.69, 9.17) is 4.74 Å². The summed E-state index contributed by atoms with van der Waals surface area (Å²) in [5.41, 5.74) is 3.11. The van der Waals surface area contributed by atoms with Crippen molar-refractivity contribution in [2.24, 2.45) is 0 Å². The second-order valence-corrected chi connectivity index (χ2v) is 7.16. The number of carbonyl (C=O) groups excluding carboxylic acids is 1. The number of fused-ring (bicyclic) bond motifs is 1. The lowest BCUT2D eigenvalue weighted by Crippen LogP contribution is -2.44. The summed E-state index contributed by atoms with van der Waals surface area (Å²) in [7, 11) is 0. The SMILES string of the molecule is CCOc1ccc2c(c1)CN(C1CCN(c3cccc([N+](=O)[O-])c3)C1=O)CC2. The quantitative estimate of drug-likeness (QED) is 0.587. The Bertz CT molecular complexity index is 914. The molecule has 1 amide bonds. The van der Waals surface area contributed by atoms with Gasteiger partial charge in [0.15, 0.2) is 0 Å². The highest BCUT2D eigenvalue weighted by Gasteiger charge is 2.38. The number of hydrogen-bond donors (Lipinski definition) is 0. The molecule has 2 heterocycles. The first-order valence-electron chi connectivity index (χ1n) is 9.61. The lowest BCUT2D eigenvalue weighted by atomic mass is 9.98. The zero-order chi connectivity index (χ0) is 19.7. The van der Waals surface area contributed by atoms with Crippen molar-refractivity contribution < 1.29 is 14.5 Å². The molecule has 0 bridgehead atoms. The van der Waals surface area contributed by atoms with Crippen LogP contribution < -0.4 is 9.64 Å². The van der Waals surface area contributed by atoms with Gasteiger partial charge in [-0.15, -0.1) is 0 Å². The number of hydrogen-bond acceptors (Lipinski definition) is 5. The molecule has 7 nitrogen and oxygen atoms in total. The molecule has 1 fully saturated rings. The summed E-state index contributed by atoms with van der Waals surface area (Å²) in [6, 6.07) is 12.3. The van der Waals surface area contributed by atoms with E-state index in [1.807, 2.05) is 13.0 Å². The maximum Gasteiger partial charge on any atom is 0.271 e. The van der Waals surface area contributed by atoms with Crippen LogP contribution >= 0.6 is 0 Å². The first-order valence-corrected chi connectivity index (χ1v) is 9.61. The molecule has 28 heavy (non-hydrogen) atoms. The van der Waals surface area contributed by atoms with Crippen molar-refractivity contribution in [3.05, 3.63) is 63.7 Å². The molecular weight excluding hydrogens is 358 g/mol. The van der Waals surface area contributed by atoms with Gasteiger partial charge in [0.05, 0.1) is 23.3 Å². The molecule has 7 heteroatoms. The second kappa shape index (κ2) is 7.59. The maximum absolute atomic E-state index is 13.1. The minimum Gasteiger partial charge on any atom is -0.494 e. The van der Waals surface area contributed by atoms with Crippen LogP contribution in [0.15, 0.2) is 42.5 Å². The van der Waals surface area contributed by atoms with Crippen LogP contribution in [0.1, 0.15) is 24.5 Å². The second-order valence-electron chi connectivity index (χ2n) is 7.16. The average Bonchev–Trinajstić information content (AvgIpc) is 3.09. The van der Waals surface area contributed by atoms with Gasteiger partial charge in [-0.25, -0.2) is 0 Å². The molecule has 4 rings (SSSR count). The topological polar surface area (TPSA) is 75.9 Å². The zero-order valence-corrected chi connectivity index (χ0v) is 15.8. The summed E-state index contributed by atoms with van der Waals surface area (Å²) in [4.78, 5) is 27.6. The molecular formula is C21H23N3O4. The van der Waals surface area contributed by atoms with Crippen molar-refractivity contribution in [1.82, 2.24) is 4.90 Å². The third-order valence-corrected chi connectivity index (χ3v) is 5.50. The first kappa shape index (κ1) is 18.4. The maximum atomic E-state index is 13.1. The standard InChI is InChI=1S/C21H23N3O4/c1-2-28-19-7-6-15-8-10-22(14-16(15)12-19)20-9-11-23(21(20)25)17-4-3-5-18(13-17)24(26)27/h3-7,12-13,20H,2,8-11,14H2,1H3. The molecule has 0 aliphatic carbocycles. The van der Waals surface area contributed by atoms with Crippen LogP contribution in [0.5, 0.6) is 5.75 Å². The van der Waals surface area contributed by atoms with Gasteiger partial charge >= 0.3 is 0 Å². The Morgan fingerprint density at radius 3 is 2.82 bits per heavy atom. The van der Waals surface area contributed by atoms with Gasteiger partial charge < -0.3 is 9.64 Å². The van der Waals surface area contributed by atoms with Gasteiger partial charge in [-0.3, -0.25) is 19.8 Å². The monoisotopic (exact) mass is 381 g/mol. The molecule has 0 N–H and O–H groups in total. The van der Waals surface area contributed by atoms with Gasteiger partial charge in [-0.1, -0.05) is 12.1 Å². The number of rotatable bonds is 5. The van der Waals surface area contributed by atoms with Crippen molar-refractivity contribution >= 4 is 17.3 Å². The van der Waals surface area contributed by atoms with E-state index in [1.165, 1.54) is 23.3 Å². The van der Waals surface area contributed by atoms with Crippen molar-refractivity contribution in [1.29, 1.82) is 0 Å². The van der Waals surface area contributed by atoms with Crippen LogP contribution in [0.3, 0.4) is 0 Å². The minimum atomic E-state index is -0.431. The van der Waals surface area contributed by atoms with E-state index in [0.29, 0.717) is 18.8 Å². The van der Waals surface area contributed by atoms with Crippen molar-refractivity contribution in [3.63, 3.8) is 0 Å². The summed E-state index contributed by atoms with van der Waals surface area (Å²) in [5, 5.41) is 11.0. The van der Waals surface area contributed by atoms with E-state index < -0.39 is 4.92 Å². The lowest BCUT2D eigenvalue weighted by Gasteiger charge is -2.32. The van der Waals surface area contributed by atoms with Gasteiger partial charge in [0.25, 0.3) is 5.69 Å². The number of non-ortho nitro benzene ring substituents is 1. The van der Waals surface area contributed by atoms with Crippen LogP contribution in [-0.4, -0.2) is 41.5 Å². The Morgan fingerprint density at radius 2 is 2.04 bits per heavy atom. The Morgan fingerprint density at radius 1 is 1.18 bits per heavy atom. The summed E-state index contributed by atoms with van der Waals surface area (Å²) >= 11 is 0. The van der Waals surface area contributed by atoms with Crippen LogP contribution in [0.25, 0.3) is 0 Å². The fraction of sp³-hybridized carbons (Fsp3) is 0.381. The Hall–Kier alpha value is -2.93. The molecule has 0 radical (unpaired) electrons. The fourth-order valence-electron chi connectivity index (χ4n) is 4.11. The van der Waals surface area contributed by atoms with E-state index in [-0.39, 0.29) is 17.6 Å². The Balaban J connectivity index is 1.51. The third kappa shape index (κ3) is 3.45. The highest BCUT2D eigenvalue weighted by Crippen LogP contribution is 2.31. The number of nitrogens with zero attached hydrogens (tertiary/aromatic N) is 3. The van der Waals surface area contributed by atoms with E-state index >= 15 is 0 Å². The van der Waals surface area contributed by atoms with Crippen molar-refractivity contribution in [2.45, 2.75) is 32.4 Å². The van der Waals surface area contributed by atoms with Crippen molar-refractivity contribution in [3.8, 4) is 5.75 Å². The number of nitro groups is 1. The molecule has 1 atom stereocenters. The molecule has 146 valence electrons. The average molecular weight is 381 g/mol. The summed E-state index contributed by atoms with van der Waals surface area (Å²) in [5.74, 6) is 0.879. The van der Waals surface area contributed by atoms with E-state index in [2.05, 4.69) is 17.0 Å². The fourth-order valence-corrected chi connectivity index (χ4v) is 4.11. The number of nitro benzene ring substituents is 1. The third-order valence-electron chi connectivity index (χ3n) is 5.50. The normalized spacial score (nSPS) is 19.5. The number of carbonyl (C=O) groups is 1. The molecule has 1 saturated heterocycles. The predicted octanol–water partition coefficient (Wildman–Crippen LogP) is 3.16.